The molecule has 4 nitrogen and oxygen atoms in total. The number of halogens is 1. The van der Waals surface area contributed by atoms with Crippen molar-refractivity contribution in [2.45, 2.75) is 25.7 Å². The fourth-order valence-electron chi connectivity index (χ4n) is 3.49. The van der Waals surface area contributed by atoms with Gasteiger partial charge in [-0.25, -0.2) is 4.39 Å². The zero-order valence-corrected chi connectivity index (χ0v) is 13.5. The molecule has 5 heteroatoms. The van der Waals surface area contributed by atoms with Gasteiger partial charge in [0.2, 0.25) is 5.91 Å². The van der Waals surface area contributed by atoms with Crippen LogP contribution in [0.25, 0.3) is 0 Å². The summed E-state index contributed by atoms with van der Waals surface area (Å²) in [6.07, 6.45) is 4.32. The summed E-state index contributed by atoms with van der Waals surface area (Å²) in [5.41, 5.74) is 0. The van der Waals surface area contributed by atoms with Crippen LogP contribution in [0.1, 0.15) is 25.7 Å². The molecule has 0 unspecified atom stereocenters. The summed E-state index contributed by atoms with van der Waals surface area (Å²) in [5, 5.41) is 3.35. The quantitative estimate of drug-likeness (QED) is 0.926. The third kappa shape index (κ3) is 4.44. The van der Waals surface area contributed by atoms with Gasteiger partial charge in [-0.05, 0) is 37.8 Å². The number of nitrogens with zero attached hydrogens (tertiary/aromatic N) is 1. The van der Waals surface area contributed by atoms with Crippen molar-refractivity contribution in [3.63, 3.8) is 0 Å². The molecule has 3 rings (SSSR count). The molecule has 0 aromatic heterocycles. The van der Waals surface area contributed by atoms with E-state index < -0.39 is 0 Å². The van der Waals surface area contributed by atoms with Gasteiger partial charge in [0.15, 0.2) is 0 Å². The highest BCUT2D eigenvalue weighted by Crippen LogP contribution is 2.22. The molecule has 0 radical (unpaired) electrons. The number of benzene rings is 1. The first-order valence-corrected chi connectivity index (χ1v) is 8.60. The predicted octanol–water partition coefficient (Wildman–Crippen LogP) is 2.44. The molecule has 1 aromatic rings. The Morgan fingerprint density at radius 2 is 2.09 bits per heavy atom. The Morgan fingerprint density at radius 3 is 2.87 bits per heavy atom. The maximum absolute atomic E-state index is 13.2. The fourth-order valence-corrected chi connectivity index (χ4v) is 3.49. The molecule has 0 spiro atoms. The minimum atomic E-state index is -0.289. The molecular weight excluding hydrogens is 295 g/mol. The Hall–Kier alpha value is -1.62. The molecule has 2 saturated heterocycles. The number of rotatable bonds is 4. The lowest BCUT2D eigenvalue weighted by Crippen LogP contribution is -2.48. The largest absolute Gasteiger partial charge is 0.493 e. The summed E-state index contributed by atoms with van der Waals surface area (Å²) in [5.74, 6) is 0.873. The van der Waals surface area contributed by atoms with Gasteiger partial charge >= 0.3 is 0 Å². The van der Waals surface area contributed by atoms with Crippen molar-refractivity contribution in [1.82, 2.24) is 10.2 Å². The predicted molar refractivity (Wildman–Crippen MR) is 86.8 cm³/mol. The lowest BCUT2D eigenvalue weighted by Gasteiger charge is -2.34. The van der Waals surface area contributed by atoms with Crippen molar-refractivity contribution >= 4 is 5.91 Å². The van der Waals surface area contributed by atoms with E-state index in [1.54, 1.807) is 12.1 Å². The van der Waals surface area contributed by atoms with Crippen LogP contribution in [0, 0.1) is 17.7 Å². The molecule has 126 valence electrons. The summed E-state index contributed by atoms with van der Waals surface area (Å²) in [7, 11) is 0. The smallest absolute Gasteiger partial charge is 0.226 e. The Labute approximate surface area is 137 Å². The third-order valence-electron chi connectivity index (χ3n) is 4.74. The normalized spacial score (nSPS) is 25.2. The SMILES string of the molecule is O=C([C@H]1CNC[C@@H](COc2cccc(F)c2)C1)N1CCCCC1. The number of nitrogens with one attached hydrogen (secondary N) is 1. The van der Waals surface area contributed by atoms with Gasteiger partial charge in [0, 0.05) is 38.2 Å². The average Bonchev–Trinajstić information content (AvgIpc) is 2.60. The first kappa shape index (κ1) is 16.2. The van der Waals surface area contributed by atoms with Crippen LogP contribution < -0.4 is 10.1 Å². The maximum atomic E-state index is 13.2. The van der Waals surface area contributed by atoms with Gasteiger partial charge in [0.1, 0.15) is 11.6 Å². The summed E-state index contributed by atoms with van der Waals surface area (Å²) in [4.78, 5) is 14.6. The van der Waals surface area contributed by atoms with E-state index in [2.05, 4.69) is 5.32 Å². The summed E-state index contributed by atoms with van der Waals surface area (Å²) >= 11 is 0. The van der Waals surface area contributed by atoms with Gasteiger partial charge in [-0.2, -0.15) is 0 Å². The van der Waals surface area contributed by atoms with E-state index in [-0.39, 0.29) is 23.6 Å². The highest BCUT2D eigenvalue weighted by Gasteiger charge is 2.31. The number of ether oxygens (including phenoxy) is 1. The molecule has 1 aromatic carbocycles. The first-order chi connectivity index (χ1) is 11.2. The third-order valence-corrected chi connectivity index (χ3v) is 4.74. The summed E-state index contributed by atoms with van der Waals surface area (Å²) in [6.45, 7) is 3.92. The number of hydrogen-bond acceptors (Lipinski definition) is 3. The van der Waals surface area contributed by atoms with Gasteiger partial charge < -0.3 is 15.0 Å². The van der Waals surface area contributed by atoms with Crippen LogP contribution in [0.4, 0.5) is 4.39 Å². The number of likely N-dealkylation sites (tertiary alicyclic amines) is 1. The molecule has 2 aliphatic heterocycles. The van der Waals surface area contributed by atoms with Crippen molar-refractivity contribution in [2.75, 3.05) is 32.8 Å². The van der Waals surface area contributed by atoms with Crippen LogP contribution in [0.3, 0.4) is 0 Å². The number of piperidine rings is 2. The number of carbonyl (C=O) groups is 1. The molecule has 23 heavy (non-hydrogen) atoms. The van der Waals surface area contributed by atoms with E-state index >= 15 is 0 Å². The van der Waals surface area contributed by atoms with E-state index in [1.807, 2.05) is 4.90 Å². The van der Waals surface area contributed by atoms with Crippen LogP contribution in [0.2, 0.25) is 0 Å². The second-order valence-corrected chi connectivity index (χ2v) is 6.61. The number of amides is 1. The van der Waals surface area contributed by atoms with Crippen molar-refractivity contribution in [3.8, 4) is 5.75 Å². The van der Waals surface area contributed by atoms with E-state index in [0.29, 0.717) is 12.4 Å². The van der Waals surface area contributed by atoms with E-state index in [0.717, 1.165) is 45.4 Å². The Balaban J connectivity index is 1.50. The van der Waals surface area contributed by atoms with Gasteiger partial charge in [-0.15, -0.1) is 0 Å². The second-order valence-electron chi connectivity index (χ2n) is 6.61. The van der Waals surface area contributed by atoms with Gasteiger partial charge in [0.05, 0.1) is 12.5 Å². The Bertz CT molecular complexity index is 532. The standard InChI is InChI=1S/C18H25FN2O2/c19-16-5-4-6-17(10-16)23-13-14-9-15(12-20-11-14)18(22)21-7-2-1-3-8-21/h4-6,10,14-15,20H,1-3,7-9,11-13H2/t14-,15+/m0/s1. The van der Waals surface area contributed by atoms with Crippen LogP contribution in [0.5, 0.6) is 5.75 Å². The maximum Gasteiger partial charge on any atom is 0.226 e. The molecule has 1 N–H and O–H groups in total. The van der Waals surface area contributed by atoms with Crippen molar-refractivity contribution in [2.24, 2.45) is 11.8 Å². The Morgan fingerprint density at radius 1 is 1.26 bits per heavy atom. The fraction of sp³-hybridized carbons (Fsp3) is 0.611. The molecular formula is C18H25FN2O2. The monoisotopic (exact) mass is 320 g/mol. The highest BCUT2D eigenvalue weighted by atomic mass is 19.1. The lowest BCUT2D eigenvalue weighted by molar-refractivity contribution is -0.137. The van der Waals surface area contributed by atoms with Crippen molar-refractivity contribution in [3.05, 3.63) is 30.1 Å². The van der Waals surface area contributed by atoms with Gasteiger partial charge in [-0.1, -0.05) is 6.07 Å². The zero-order chi connectivity index (χ0) is 16.1. The molecule has 2 fully saturated rings. The second kappa shape index (κ2) is 7.77. The summed E-state index contributed by atoms with van der Waals surface area (Å²) in [6, 6.07) is 6.21. The number of hydrogen-bond donors (Lipinski definition) is 1. The van der Waals surface area contributed by atoms with E-state index in [4.69, 9.17) is 4.74 Å². The molecule has 2 atom stereocenters. The number of carbonyl (C=O) groups excluding carboxylic acids is 1. The average molecular weight is 320 g/mol. The van der Waals surface area contributed by atoms with Crippen LogP contribution in [-0.2, 0) is 4.79 Å². The molecule has 0 saturated carbocycles. The van der Waals surface area contributed by atoms with Gasteiger partial charge in [-0.3, -0.25) is 4.79 Å². The lowest BCUT2D eigenvalue weighted by atomic mass is 9.89. The molecule has 1 amide bonds. The minimum Gasteiger partial charge on any atom is -0.493 e. The molecule has 2 aliphatic rings. The topological polar surface area (TPSA) is 41.6 Å². The highest BCUT2D eigenvalue weighted by molar-refractivity contribution is 5.79. The van der Waals surface area contributed by atoms with Crippen molar-refractivity contribution < 1.29 is 13.9 Å². The van der Waals surface area contributed by atoms with Crippen LogP contribution in [-0.4, -0.2) is 43.6 Å². The summed E-state index contributed by atoms with van der Waals surface area (Å²) < 4.78 is 18.9. The molecule has 2 heterocycles. The van der Waals surface area contributed by atoms with E-state index in [1.165, 1.54) is 18.6 Å². The molecule has 0 bridgehead atoms. The van der Waals surface area contributed by atoms with Crippen LogP contribution in [0.15, 0.2) is 24.3 Å². The van der Waals surface area contributed by atoms with Gasteiger partial charge in [0.25, 0.3) is 0 Å². The Kier molecular flexibility index (Phi) is 5.49. The first-order valence-electron chi connectivity index (χ1n) is 8.60. The zero-order valence-electron chi connectivity index (χ0n) is 13.5. The van der Waals surface area contributed by atoms with Crippen LogP contribution >= 0.6 is 0 Å². The minimum absolute atomic E-state index is 0.0444. The molecule has 0 aliphatic carbocycles. The van der Waals surface area contributed by atoms with Crippen molar-refractivity contribution in [1.29, 1.82) is 0 Å². The van der Waals surface area contributed by atoms with E-state index in [9.17, 15) is 9.18 Å².